The number of nitriles is 3. The molecule has 0 aliphatic carbocycles. The van der Waals surface area contributed by atoms with Crippen molar-refractivity contribution < 1.29 is 19.1 Å². The number of hydrogen-bond donors (Lipinski definition) is 0. The van der Waals surface area contributed by atoms with E-state index >= 15 is 0 Å². The highest BCUT2D eigenvalue weighted by Crippen LogP contribution is 2.45. The minimum absolute atomic E-state index is 0.0224. The summed E-state index contributed by atoms with van der Waals surface area (Å²) < 4.78 is 11.3. The quantitative estimate of drug-likeness (QED) is 0.108. The van der Waals surface area contributed by atoms with E-state index in [1.807, 2.05) is 60.7 Å². The normalized spacial score (nSPS) is 10.9. The number of nitrogens with zero attached hydrogens (tertiary/aromatic N) is 3. The Bertz CT molecular complexity index is 2490. The lowest BCUT2D eigenvalue weighted by Crippen LogP contribution is -2.09. The summed E-state index contributed by atoms with van der Waals surface area (Å²) in [5.74, 6) is -1.25. The van der Waals surface area contributed by atoms with Gasteiger partial charge >= 0.3 is 11.9 Å². The lowest BCUT2D eigenvalue weighted by atomic mass is 9.83. The molecule has 0 spiro atoms. The molecule has 0 unspecified atom stereocenters. The van der Waals surface area contributed by atoms with Crippen LogP contribution in [0.2, 0.25) is 0 Å². The van der Waals surface area contributed by atoms with E-state index in [0.29, 0.717) is 43.1 Å². The number of rotatable bonds is 6. The van der Waals surface area contributed by atoms with Gasteiger partial charge in [-0.1, -0.05) is 78.9 Å². The molecule has 7 aromatic rings. The van der Waals surface area contributed by atoms with Crippen molar-refractivity contribution in [3.05, 3.63) is 142 Å². The zero-order valence-electron chi connectivity index (χ0n) is 24.2. The van der Waals surface area contributed by atoms with Crippen LogP contribution in [0.4, 0.5) is 0 Å². The van der Waals surface area contributed by atoms with Crippen LogP contribution < -0.4 is 0 Å². The largest absolute Gasteiger partial charge is 0.457 e. The van der Waals surface area contributed by atoms with Gasteiger partial charge in [-0.3, -0.25) is 0 Å². The fourth-order valence-electron chi connectivity index (χ4n) is 6.21. The van der Waals surface area contributed by atoms with E-state index in [0.717, 1.165) is 11.1 Å². The van der Waals surface area contributed by atoms with E-state index in [9.17, 15) is 25.4 Å². The first-order valence-electron chi connectivity index (χ1n) is 14.4. The molecule has 0 saturated heterocycles. The Morgan fingerprint density at radius 2 is 0.957 bits per heavy atom. The molecule has 0 heterocycles. The van der Waals surface area contributed by atoms with Crippen LogP contribution in [0.1, 0.15) is 48.5 Å². The predicted octanol–water partition coefficient (Wildman–Crippen LogP) is 8.07. The second-order valence-electron chi connectivity index (χ2n) is 10.8. The van der Waals surface area contributed by atoms with Crippen LogP contribution in [0.5, 0.6) is 0 Å². The van der Waals surface area contributed by atoms with E-state index in [-0.39, 0.29) is 41.0 Å². The maximum Gasteiger partial charge on any atom is 0.339 e. The average Bonchev–Trinajstić information content (AvgIpc) is 3.11. The highest BCUT2D eigenvalue weighted by atomic mass is 16.5. The third kappa shape index (κ3) is 4.50. The van der Waals surface area contributed by atoms with Crippen LogP contribution in [-0.4, -0.2) is 11.9 Å². The Balaban J connectivity index is 1.48. The molecule has 7 aromatic carbocycles. The minimum atomic E-state index is -0.659. The Hall–Kier alpha value is -6.75. The van der Waals surface area contributed by atoms with Gasteiger partial charge < -0.3 is 9.47 Å². The van der Waals surface area contributed by atoms with Gasteiger partial charge in [-0.25, -0.2) is 9.59 Å². The molecule has 46 heavy (non-hydrogen) atoms. The number of esters is 2. The molecular weight excluding hydrogens is 574 g/mol. The molecule has 7 heteroatoms. The summed E-state index contributed by atoms with van der Waals surface area (Å²) in [4.78, 5) is 27.1. The number of carbonyl (C=O) groups excluding carboxylic acids is 2. The van der Waals surface area contributed by atoms with Crippen LogP contribution in [-0.2, 0) is 22.7 Å². The summed E-state index contributed by atoms with van der Waals surface area (Å²) in [6.07, 6.45) is 0. The lowest BCUT2D eigenvalue weighted by Gasteiger charge is -2.19. The van der Waals surface area contributed by atoms with Crippen molar-refractivity contribution in [3.8, 4) is 18.2 Å². The molecule has 0 radical (unpaired) electrons. The molecule has 216 valence electrons. The molecule has 0 aromatic heterocycles. The number of benzene rings is 7. The predicted molar refractivity (Wildman–Crippen MR) is 173 cm³/mol. The van der Waals surface area contributed by atoms with Gasteiger partial charge in [0.1, 0.15) is 13.2 Å². The highest BCUT2D eigenvalue weighted by molar-refractivity contribution is 6.37. The number of hydrogen-bond acceptors (Lipinski definition) is 7. The first kappa shape index (κ1) is 28.0. The second-order valence-corrected chi connectivity index (χ2v) is 10.8. The van der Waals surface area contributed by atoms with E-state index < -0.39 is 11.9 Å². The van der Waals surface area contributed by atoms with Crippen molar-refractivity contribution in [2.24, 2.45) is 0 Å². The van der Waals surface area contributed by atoms with Crippen molar-refractivity contribution in [1.29, 1.82) is 15.8 Å². The van der Waals surface area contributed by atoms with Crippen LogP contribution in [0.25, 0.3) is 43.1 Å². The molecule has 0 atom stereocenters. The number of fused-ring (bicyclic) bond motifs is 2. The smallest absolute Gasteiger partial charge is 0.339 e. The fourth-order valence-corrected chi connectivity index (χ4v) is 6.21. The van der Waals surface area contributed by atoms with Crippen LogP contribution in [0.15, 0.2) is 103 Å². The summed E-state index contributed by atoms with van der Waals surface area (Å²) in [7, 11) is 0. The van der Waals surface area contributed by atoms with Gasteiger partial charge in [0.15, 0.2) is 0 Å². The third-order valence-electron chi connectivity index (χ3n) is 8.23. The fraction of sp³-hybridized carbons (Fsp3) is 0.0513. The van der Waals surface area contributed by atoms with Gasteiger partial charge in [-0.15, -0.1) is 0 Å². The summed E-state index contributed by atoms with van der Waals surface area (Å²) in [5, 5.41) is 35.1. The van der Waals surface area contributed by atoms with Gasteiger partial charge in [0.25, 0.3) is 0 Å². The SMILES string of the molecule is N#Cc1ccc2c3ccc(C#N)c4c(C(=O)OCc5ccccc5)cc(C#N)c(c5ccc(C(=O)OCc6ccccc6)c1c25)c43. The summed E-state index contributed by atoms with van der Waals surface area (Å²) >= 11 is 0. The maximum atomic E-state index is 13.6. The number of carbonyl (C=O) groups is 2. The van der Waals surface area contributed by atoms with E-state index in [1.54, 1.807) is 36.4 Å². The van der Waals surface area contributed by atoms with Gasteiger partial charge in [-0.05, 0) is 56.9 Å². The Morgan fingerprint density at radius 3 is 1.50 bits per heavy atom. The topological polar surface area (TPSA) is 124 Å². The lowest BCUT2D eigenvalue weighted by molar-refractivity contribution is 0.0466. The van der Waals surface area contributed by atoms with Crippen molar-refractivity contribution in [2.45, 2.75) is 13.2 Å². The molecule has 0 N–H and O–H groups in total. The molecule has 0 aliphatic rings. The standard InChI is InChI=1S/C39H21N3O4/c40-18-25-11-13-28-29-14-12-26(19-41)34-32(39(44)46-22-24-9-5-2-6-10-24)17-27(20-42)35(37(29)34)30-15-16-31(33(25)36(28)30)38(43)45-21-23-7-3-1-4-8-23/h1-17H,21-22H2. The maximum absolute atomic E-state index is 13.6. The van der Waals surface area contributed by atoms with Crippen molar-refractivity contribution in [2.75, 3.05) is 0 Å². The van der Waals surface area contributed by atoms with Crippen LogP contribution in [0, 0.1) is 34.0 Å². The first-order chi connectivity index (χ1) is 22.5. The van der Waals surface area contributed by atoms with Crippen molar-refractivity contribution >= 4 is 55.0 Å². The van der Waals surface area contributed by atoms with Crippen LogP contribution >= 0.6 is 0 Å². The summed E-state index contributed by atoms with van der Waals surface area (Å²) in [6, 6.07) is 36.8. The molecule has 0 fully saturated rings. The third-order valence-corrected chi connectivity index (χ3v) is 8.23. The Kier molecular flexibility index (Phi) is 6.95. The molecule has 0 bridgehead atoms. The molecule has 0 saturated carbocycles. The summed E-state index contributed by atoms with van der Waals surface area (Å²) in [6.45, 7) is 0.0832. The summed E-state index contributed by atoms with van der Waals surface area (Å²) in [5.41, 5.74) is 2.69. The molecule has 7 rings (SSSR count). The van der Waals surface area contributed by atoms with Gasteiger partial charge in [0.05, 0.1) is 46.0 Å². The zero-order valence-corrected chi connectivity index (χ0v) is 24.2. The zero-order chi connectivity index (χ0) is 31.8. The van der Waals surface area contributed by atoms with E-state index in [4.69, 9.17) is 9.47 Å². The minimum Gasteiger partial charge on any atom is -0.457 e. The highest BCUT2D eigenvalue weighted by Gasteiger charge is 2.26. The first-order valence-corrected chi connectivity index (χ1v) is 14.4. The van der Waals surface area contributed by atoms with Gasteiger partial charge in [-0.2, -0.15) is 15.8 Å². The van der Waals surface area contributed by atoms with Gasteiger partial charge in [0.2, 0.25) is 0 Å². The Labute approximate surface area is 263 Å². The molecule has 7 nitrogen and oxygen atoms in total. The average molecular weight is 596 g/mol. The van der Waals surface area contributed by atoms with Crippen molar-refractivity contribution in [1.82, 2.24) is 0 Å². The van der Waals surface area contributed by atoms with Crippen LogP contribution in [0.3, 0.4) is 0 Å². The Morgan fingerprint density at radius 1 is 0.478 bits per heavy atom. The monoisotopic (exact) mass is 595 g/mol. The second kappa shape index (κ2) is 11.4. The van der Waals surface area contributed by atoms with E-state index in [1.165, 1.54) is 6.07 Å². The van der Waals surface area contributed by atoms with Crippen molar-refractivity contribution in [3.63, 3.8) is 0 Å². The number of ether oxygens (including phenoxy) is 2. The molecular formula is C39H21N3O4. The van der Waals surface area contributed by atoms with Gasteiger partial charge in [0, 0.05) is 21.5 Å². The molecule has 0 aliphatic heterocycles. The van der Waals surface area contributed by atoms with E-state index in [2.05, 4.69) is 18.2 Å². The molecule has 0 amide bonds.